The molecule has 0 saturated heterocycles. The Morgan fingerprint density at radius 3 is 1.87 bits per heavy atom. The first kappa shape index (κ1) is 13.2. The summed E-state index contributed by atoms with van der Waals surface area (Å²) in [5, 5.41) is 1.65. The Morgan fingerprint density at radius 2 is 1.53 bits per heavy atom. The van der Waals surface area contributed by atoms with Crippen molar-refractivity contribution in [2.24, 2.45) is 5.41 Å². The molecule has 0 saturated carbocycles. The third kappa shape index (κ3) is 4.64. The predicted molar refractivity (Wildman–Crippen MR) is 72.7 cm³/mol. The summed E-state index contributed by atoms with van der Waals surface area (Å²) in [4.78, 5) is 4.51. The first-order valence-electron chi connectivity index (χ1n) is 5.05. The Labute approximate surface area is 109 Å². The van der Waals surface area contributed by atoms with Gasteiger partial charge in [-0.3, -0.25) is 4.98 Å². The van der Waals surface area contributed by atoms with Crippen LogP contribution in [-0.2, 0) is 17.1 Å². The van der Waals surface area contributed by atoms with Crippen molar-refractivity contribution in [3.05, 3.63) is 29.1 Å². The van der Waals surface area contributed by atoms with Gasteiger partial charge in [-0.1, -0.05) is 52.6 Å². The van der Waals surface area contributed by atoms with E-state index < -0.39 is 0 Å². The minimum absolute atomic E-state index is 0.328. The van der Waals surface area contributed by atoms with Crippen LogP contribution in [0.3, 0.4) is 0 Å². The van der Waals surface area contributed by atoms with Gasteiger partial charge in [0.1, 0.15) is 0 Å². The lowest BCUT2D eigenvalue weighted by atomic mass is 9.88. The van der Waals surface area contributed by atoms with Crippen LogP contribution >= 0.6 is 31.9 Å². The van der Waals surface area contributed by atoms with Crippen molar-refractivity contribution in [3.63, 3.8) is 0 Å². The average Bonchev–Trinajstić information content (AvgIpc) is 2.14. The second-order valence-electron chi connectivity index (χ2n) is 4.96. The number of alkyl halides is 2. The molecule has 0 atom stereocenters. The van der Waals surface area contributed by atoms with Crippen LogP contribution in [0.5, 0.6) is 0 Å². The van der Waals surface area contributed by atoms with Crippen molar-refractivity contribution in [3.8, 4) is 0 Å². The maximum absolute atomic E-state index is 4.51. The topological polar surface area (TPSA) is 12.9 Å². The minimum atomic E-state index is 0.328. The molecule has 84 valence electrons. The highest BCUT2D eigenvalue weighted by molar-refractivity contribution is 9.08. The fourth-order valence-corrected chi connectivity index (χ4v) is 2.14. The van der Waals surface area contributed by atoms with E-state index in [2.05, 4.69) is 69.7 Å². The number of hydrogen-bond donors (Lipinski definition) is 0. The third-order valence-electron chi connectivity index (χ3n) is 2.00. The summed E-state index contributed by atoms with van der Waals surface area (Å²) >= 11 is 6.91. The molecule has 0 aliphatic heterocycles. The number of aromatic nitrogens is 1. The zero-order valence-electron chi connectivity index (χ0n) is 9.48. The molecule has 1 heterocycles. The van der Waals surface area contributed by atoms with Gasteiger partial charge < -0.3 is 0 Å². The summed E-state index contributed by atoms with van der Waals surface area (Å²) in [5.41, 5.74) is 3.94. The van der Waals surface area contributed by atoms with E-state index in [4.69, 9.17) is 0 Å². The van der Waals surface area contributed by atoms with Crippen LogP contribution in [0, 0.1) is 5.41 Å². The van der Waals surface area contributed by atoms with Gasteiger partial charge in [-0.05, 0) is 29.5 Å². The molecule has 0 radical (unpaired) electrons. The molecule has 0 spiro atoms. The molecule has 3 heteroatoms. The van der Waals surface area contributed by atoms with Gasteiger partial charge in [-0.25, -0.2) is 0 Å². The molecular formula is C12H17Br2N. The molecule has 0 bridgehead atoms. The lowest BCUT2D eigenvalue weighted by Crippen LogP contribution is -2.10. The van der Waals surface area contributed by atoms with E-state index in [1.807, 2.05) is 0 Å². The predicted octanol–water partition coefficient (Wildman–Crippen LogP) is 4.46. The summed E-state index contributed by atoms with van der Waals surface area (Å²) in [5.74, 6) is 0. The molecule has 1 aromatic rings. The molecule has 15 heavy (non-hydrogen) atoms. The fraction of sp³-hybridized carbons (Fsp3) is 0.583. The zero-order chi connectivity index (χ0) is 11.5. The van der Waals surface area contributed by atoms with Crippen molar-refractivity contribution < 1.29 is 0 Å². The number of pyridine rings is 1. The molecule has 0 aliphatic rings. The van der Waals surface area contributed by atoms with Crippen LogP contribution in [0.1, 0.15) is 37.7 Å². The quantitative estimate of drug-likeness (QED) is 0.744. The minimum Gasteiger partial charge on any atom is -0.256 e. The van der Waals surface area contributed by atoms with Crippen LogP contribution < -0.4 is 0 Å². The average molecular weight is 335 g/mol. The molecule has 0 N–H and O–H groups in total. The van der Waals surface area contributed by atoms with Crippen molar-refractivity contribution in [1.29, 1.82) is 0 Å². The highest BCUT2D eigenvalue weighted by Gasteiger charge is 2.12. The summed E-state index contributed by atoms with van der Waals surface area (Å²) in [6.07, 6.45) is 1.09. The molecular weight excluding hydrogens is 318 g/mol. The Hall–Kier alpha value is 0.110. The fourth-order valence-electron chi connectivity index (χ4n) is 1.57. The molecule has 0 amide bonds. The van der Waals surface area contributed by atoms with E-state index in [1.54, 1.807) is 0 Å². The lowest BCUT2D eigenvalue weighted by Gasteiger charge is -2.18. The molecule has 1 nitrogen and oxygen atoms in total. The molecule has 0 aliphatic carbocycles. The summed E-state index contributed by atoms with van der Waals surface area (Å²) in [6, 6.07) is 4.37. The van der Waals surface area contributed by atoms with Crippen molar-refractivity contribution in [2.75, 3.05) is 0 Å². The number of nitrogens with zero attached hydrogens (tertiary/aromatic N) is 1. The maximum Gasteiger partial charge on any atom is 0.0515 e. The molecule has 0 aromatic carbocycles. The van der Waals surface area contributed by atoms with E-state index in [-0.39, 0.29) is 0 Å². The SMILES string of the molecule is CC(C)(C)Cc1cc(CBr)nc(CBr)c1. The van der Waals surface area contributed by atoms with Crippen LogP contribution in [0.2, 0.25) is 0 Å². The van der Waals surface area contributed by atoms with Gasteiger partial charge >= 0.3 is 0 Å². The largest absolute Gasteiger partial charge is 0.256 e. The summed E-state index contributed by atoms with van der Waals surface area (Å²) < 4.78 is 0. The van der Waals surface area contributed by atoms with Crippen LogP contribution in [0.25, 0.3) is 0 Å². The second kappa shape index (κ2) is 5.44. The van der Waals surface area contributed by atoms with Crippen LogP contribution in [0.15, 0.2) is 12.1 Å². The molecule has 1 rings (SSSR count). The van der Waals surface area contributed by atoms with Gasteiger partial charge in [0, 0.05) is 10.7 Å². The van der Waals surface area contributed by atoms with Gasteiger partial charge in [0.15, 0.2) is 0 Å². The van der Waals surface area contributed by atoms with Gasteiger partial charge in [0.2, 0.25) is 0 Å². The maximum atomic E-state index is 4.51. The van der Waals surface area contributed by atoms with E-state index in [0.29, 0.717) is 5.41 Å². The monoisotopic (exact) mass is 333 g/mol. The van der Waals surface area contributed by atoms with E-state index in [9.17, 15) is 0 Å². The molecule has 0 unspecified atom stereocenters. The highest BCUT2D eigenvalue weighted by Crippen LogP contribution is 2.22. The standard InChI is InChI=1S/C12H17Br2N/c1-12(2,3)6-9-4-10(7-13)15-11(5-9)8-14/h4-5H,6-8H2,1-3H3. The first-order chi connectivity index (χ1) is 6.94. The van der Waals surface area contributed by atoms with Gasteiger partial charge in [0.05, 0.1) is 11.4 Å². The normalized spacial score (nSPS) is 11.8. The lowest BCUT2D eigenvalue weighted by molar-refractivity contribution is 0.411. The van der Waals surface area contributed by atoms with Crippen LogP contribution in [0.4, 0.5) is 0 Å². The highest BCUT2D eigenvalue weighted by atomic mass is 79.9. The Balaban J connectivity index is 2.97. The van der Waals surface area contributed by atoms with Crippen molar-refractivity contribution in [2.45, 2.75) is 37.9 Å². The van der Waals surface area contributed by atoms with Crippen molar-refractivity contribution in [1.82, 2.24) is 4.98 Å². The Bertz CT molecular complexity index is 307. The Morgan fingerprint density at radius 1 is 1.07 bits per heavy atom. The van der Waals surface area contributed by atoms with Gasteiger partial charge in [-0.15, -0.1) is 0 Å². The van der Waals surface area contributed by atoms with Crippen molar-refractivity contribution >= 4 is 31.9 Å². The van der Waals surface area contributed by atoms with E-state index >= 15 is 0 Å². The summed E-state index contributed by atoms with van der Waals surface area (Å²) in [7, 11) is 0. The Kier molecular flexibility index (Phi) is 4.78. The number of halogens is 2. The van der Waals surface area contributed by atoms with Crippen LogP contribution in [-0.4, -0.2) is 4.98 Å². The smallest absolute Gasteiger partial charge is 0.0515 e. The molecule has 1 aromatic heterocycles. The first-order valence-corrected chi connectivity index (χ1v) is 7.29. The third-order valence-corrected chi connectivity index (χ3v) is 3.15. The summed E-state index contributed by atoms with van der Waals surface area (Å²) in [6.45, 7) is 6.78. The zero-order valence-corrected chi connectivity index (χ0v) is 12.7. The van der Waals surface area contributed by atoms with Gasteiger partial charge in [-0.2, -0.15) is 0 Å². The van der Waals surface area contributed by atoms with E-state index in [1.165, 1.54) is 5.56 Å². The number of rotatable bonds is 3. The second-order valence-corrected chi connectivity index (χ2v) is 6.08. The number of hydrogen-bond acceptors (Lipinski definition) is 1. The van der Waals surface area contributed by atoms with Gasteiger partial charge in [0.25, 0.3) is 0 Å². The molecule has 0 fully saturated rings. The van der Waals surface area contributed by atoms with E-state index in [0.717, 1.165) is 28.5 Å².